The van der Waals surface area contributed by atoms with Gasteiger partial charge in [0.05, 0.1) is 30.7 Å². The number of methoxy groups -OCH3 is 1. The number of ether oxygens (including phenoxy) is 1. The molecule has 3 aromatic rings. The first-order valence-electron chi connectivity index (χ1n) is 11.3. The Hall–Kier alpha value is -2.57. The van der Waals surface area contributed by atoms with Crippen molar-refractivity contribution >= 4 is 27.2 Å². The summed E-state index contributed by atoms with van der Waals surface area (Å²) in [5.41, 5.74) is 3.34. The van der Waals surface area contributed by atoms with Crippen LogP contribution < -0.4 is 10.5 Å². The van der Waals surface area contributed by atoms with Gasteiger partial charge in [-0.2, -0.15) is 8.42 Å². The molecule has 5 rings (SSSR count). The SMILES string of the molecule is COC[C@H]1Cc2ccccc2[C@H]1Nc1ncnc2c1ccn2[C@H]1C[C@H](COS(N)(=O)=O)[C@H](O)C1. The smallest absolute Gasteiger partial charge is 0.333 e. The number of aliphatic hydroxyl groups excluding tert-OH is 1. The minimum Gasteiger partial charge on any atom is -0.393 e. The highest BCUT2D eigenvalue weighted by Crippen LogP contribution is 2.41. The van der Waals surface area contributed by atoms with Gasteiger partial charge < -0.3 is 19.7 Å². The first kappa shape index (κ1) is 23.2. The van der Waals surface area contributed by atoms with E-state index in [0.29, 0.717) is 25.4 Å². The molecule has 0 radical (unpaired) electrons. The Bertz CT molecular complexity index is 1280. The number of hydrogen-bond donors (Lipinski definition) is 3. The molecule has 10 nitrogen and oxygen atoms in total. The van der Waals surface area contributed by atoms with E-state index in [1.807, 2.05) is 16.8 Å². The van der Waals surface area contributed by atoms with Gasteiger partial charge in [-0.15, -0.1) is 0 Å². The molecule has 1 aromatic carbocycles. The number of hydrogen-bond acceptors (Lipinski definition) is 8. The van der Waals surface area contributed by atoms with E-state index in [-0.39, 0.29) is 24.6 Å². The molecule has 0 aliphatic heterocycles. The number of fused-ring (bicyclic) bond motifs is 2. The number of rotatable bonds is 8. The zero-order valence-corrected chi connectivity index (χ0v) is 19.7. The topological polar surface area (TPSA) is 142 Å². The predicted molar refractivity (Wildman–Crippen MR) is 126 cm³/mol. The van der Waals surface area contributed by atoms with E-state index in [2.05, 4.69) is 39.6 Å². The third-order valence-electron chi connectivity index (χ3n) is 7.00. The van der Waals surface area contributed by atoms with Gasteiger partial charge in [-0.05, 0) is 36.5 Å². The maximum absolute atomic E-state index is 11.1. The molecule has 0 unspecified atom stereocenters. The minimum atomic E-state index is -4.04. The van der Waals surface area contributed by atoms with Gasteiger partial charge in [-0.1, -0.05) is 24.3 Å². The van der Waals surface area contributed by atoms with Crippen LogP contribution in [0.3, 0.4) is 0 Å². The van der Waals surface area contributed by atoms with Crippen molar-refractivity contribution in [2.24, 2.45) is 17.0 Å². The van der Waals surface area contributed by atoms with Gasteiger partial charge >= 0.3 is 10.3 Å². The number of anilines is 1. The van der Waals surface area contributed by atoms with Gasteiger partial charge in [0, 0.05) is 31.2 Å². The molecule has 0 bridgehead atoms. The predicted octanol–water partition coefficient (Wildman–Crippen LogP) is 1.94. The monoisotopic (exact) mass is 487 g/mol. The molecule has 2 aliphatic rings. The molecule has 2 aromatic heterocycles. The zero-order chi connectivity index (χ0) is 23.9. The summed E-state index contributed by atoms with van der Waals surface area (Å²) >= 11 is 0. The highest BCUT2D eigenvalue weighted by molar-refractivity contribution is 7.84. The van der Waals surface area contributed by atoms with Crippen molar-refractivity contribution < 1.29 is 22.4 Å². The third kappa shape index (κ3) is 4.53. The van der Waals surface area contributed by atoms with Crippen LogP contribution in [0.25, 0.3) is 11.0 Å². The average molecular weight is 488 g/mol. The first-order chi connectivity index (χ1) is 16.3. The van der Waals surface area contributed by atoms with Gasteiger partial charge in [-0.25, -0.2) is 15.1 Å². The maximum Gasteiger partial charge on any atom is 0.333 e. The molecular weight excluding hydrogens is 458 g/mol. The summed E-state index contributed by atoms with van der Waals surface area (Å²) in [5, 5.41) is 19.9. The molecular formula is C23H29N5O5S. The van der Waals surface area contributed by atoms with Crippen LogP contribution in [0, 0.1) is 11.8 Å². The Labute approximate surface area is 198 Å². The molecule has 182 valence electrons. The van der Waals surface area contributed by atoms with Crippen molar-refractivity contribution in [1.29, 1.82) is 0 Å². The van der Waals surface area contributed by atoms with Crippen LogP contribution in [0.5, 0.6) is 0 Å². The summed E-state index contributed by atoms with van der Waals surface area (Å²) in [7, 11) is -2.32. The van der Waals surface area contributed by atoms with E-state index in [9.17, 15) is 13.5 Å². The second-order valence-corrected chi connectivity index (χ2v) is 10.4. The molecule has 4 N–H and O–H groups in total. The summed E-state index contributed by atoms with van der Waals surface area (Å²) in [6, 6.07) is 10.4. The fraction of sp³-hybridized carbons (Fsp3) is 0.478. The third-order valence-corrected chi connectivity index (χ3v) is 7.46. The van der Waals surface area contributed by atoms with Gasteiger partial charge in [0.1, 0.15) is 17.8 Å². The number of nitrogens with one attached hydrogen (secondary N) is 1. The van der Waals surface area contributed by atoms with Crippen LogP contribution in [0.1, 0.15) is 36.1 Å². The molecule has 0 amide bonds. The van der Waals surface area contributed by atoms with Crippen LogP contribution in [0.4, 0.5) is 5.82 Å². The second kappa shape index (κ2) is 9.23. The molecule has 2 aliphatic carbocycles. The van der Waals surface area contributed by atoms with Gasteiger partial charge in [0.2, 0.25) is 0 Å². The summed E-state index contributed by atoms with van der Waals surface area (Å²) in [6.45, 7) is 0.503. The lowest BCUT2D eigenvalue weighted by Crippen LogP contribution is -2.24. The number of aliphatic hydroxyl groups is 1. The fourth-order valence-corrected chi connectivity index (χ4v) is 5.80. The molecule has 1 fully saturated rings. The number of nitrogens with zero attached hydrogens (tertiary/aromatic N) is 3. The number of aromatic nitrogens is 3. The summed E-state index contributed by atoms with van der Waals surface area (Å²) in [4.78, 5) is 9.05. The van der Waals surface area contributed by atoms with Crippen LogP contribution in [0.15, 0.2) is 42.9 Å². The van der Waals surface area contributed by atoms with Gasteiger partial charge in [-0.3, -0.25) is 4.18 Å². The quantitative estimate of drug-likeness (QED) is 0.438. The van der Waals surface area contributed by atoms with Crippen LogP contribution in [-0.2, 0) is 25.6 Å². The molecule has 0 saturated heterocycles. The van der Waals surface area contributed by atoms with Crippen molar-refractivity contribution in [3.05, 3.63) is 54.0 Å². The van der Waals surface area contributed by atoms with E-state index in [1.165, 1.54) is 11.1 Å². The normalized spacial score (nSPS) is 26.7. The molecule has 11 heteroatoms. The number of nitrogens with two attached hydrogens (primary N) is 1. The molecule has 5 atom stereocenters. The molecule has 34 heavy (non-hydrogen) atoms. The highest BCUT2D eigenvalue weighted by Gasteiger charge is 2.36. The first-order valence-corrected chi connectivity index (χ1v) is 12.8. The van der Waals surface area contributed by atoms with E-state index in [1.54, 1.807) is 13.4 Å². The molecule has 2 heterocycles. The lowest BCUT2D eigenvalue weighted by molar-refractivity contribution is 0.100. The highest BCUT2D eigenvalue weighted by atomic mass is 32.2. The Kier molecular flexibility index (Phi) is 6.30. The summed E-state index contributed by atoms with van der Waals surface area (Å²) in [5.74, 6) is 0.711. The van der Waals surface area contributed by atoms with Crippen LogP contribution >= 0.6 is 0 Å². The Morgan fingerprint density at radius 1 is 1.18 bits per heavy atom. The minimum absolute atomic E-state index is 0.0437. The number of benzene rings is 1. The van der Waals surface area contributed by atoms with Crippen LogP contribution in [0.2, 0.25) is 0 Å². The van der Waals surface area contributed by atoms with E-state index < -0.39 is 16.4 Å². The van der Waals surface area contributed by atoms with Gasteiger partial charge in [0.15, 0.2) is 0 Å². The Balaban J connectivity index is 1.39. The Morgan fingerprint density at radius 3 is 2.79 bits per heavy atom. The summed E-state index contributed by atoms with van der Waals surface area (Å²) < 4.78 is 34.5. The zero-order valence-electron chi connectivity index (χ0n) is 18.9. The largest absolute Gasteiger partial charge is 0.393 e. The van der Waals surface area contributed by atoms with Crippen molar-refractivity contribution in [2.45, 2.75) is 37.5 Å². The van der Waals surface area contributed by atoms with Crippen molar-refractivity contribution in [3.63, 3.8) is 0 Å². The lowest BCUT2D eigenvalue weighted by atomic mass is 10.0. The lowest BCUT2D eigenvalue weighted by Gasteiger charge is -2.22. The van der Waals surface area contributed by atoms with E-state index in [0.717, 1.165) is 23.3 Å². The second-order valence-electron chi connectivity index (χ2n) is 9.15. The van der Waals surface area contributed by atoms with E-state index in [4.69, 9.17) is 14.1 Å². The average Bonchev–Trinajstić information content (AvgIpc) is 3.48. The fourth-order valence-electron chi connectivity index (χ4n) is 5.43. The van der Waals surface area contributed by atoms with Crippen molar-refractivity contribution in [3.8, 4) is 0 Å². The Morgan fingerprint density at radius 2 is 2.00 bits per heavy atom. The summed E-state index contributed by atoms with van der Waals surface area (Å²) in [6.07, 6.45) is 4.77. The van der Waals surface area contributed by atoms with Gasteiger partial charge in [0.25, 0.3) is 0 Å². The molecule has 1 saturated carbocycles. The van der Waals surface area contributed by atoms with Crippen molar-refractivity contribution in [1.82, 2.24) is 14.5 Å². The van der Waals surface area contributed by atoms with Crippen molar-refractivity contribution in [2.75, 3.05) is 25.6 Å². The molecule has 0 spiro atoms. The maximum atomic E-state index is 11.1. The van der Waals surface area contributed by atoms with E-state index >= 15 is 0 Å². The standard InChI is InChI=1S/C23H29N5O5S/c1-32-11-16-8-14-4-2-3-5-18(14)21(16)27-22-19-6-7-28(23(19)26-13-25-22)17-9-15(20(29)10-17)12-33-34(24,30)31/h2-7,13,15-17,20-21,29H,8-12H2,1H3,(H2,24,30,31)(H,25,26,27)/t15-,16-,17+,20-,21+/m1/s1. The van der Waals surface area contributed by atoms with Crippen LogP contribution in [-0.4, -0.2) is 54.5 Å².